The number of nitrogens with one attached hydrogen (secondary N) is 1. The highest BCUT2D eigenvalue weighted by atomic mass is 35.5. The van der Waals surface area contributed by atoms with E-state index in [1.807, 2.05) is 12.1 Å². The fraction of sp³-hybridized carbons (Fsp3) is 0.538. The second-order valence-corrected chi connectivity index (χ2v) is 4.89. The normalized spacial score (nSPS) is 21.5. The summed E-state index contributed by atoms with van der Waals surface area (Å²) in [7, 11) is 1.66. The monoisotopic (exact) mass is 254 g/mol. The van der Waals surface area contributed by atoms with Gasteiger partial charge < -0.3 is 10.1 Å². The lowest BCUT2D eigenvalue weighted by molar-refractivity contribution is 0.165. The van der Waals surface area contributed by atoms with Crippen LogP contribution in [0.25, 0.3) is 0 Å². The van der Waals surface area contributed by atoms with Crippen molar-refractivity contribution >= 4 is 11.6 Å². The van der Waals surface area contributed by atoms with Crippen LogP contribution in [0.2, 0.25) is 5.02 Å². The Morgan fingerprint density at radius 3 is 3.00 bits per heavy atom. The number of ether oxygens (including phenoxy) is 1. The largest absolute Gasteiger partial charge is 0.497 e. The van der Waals surface area contributed by atoms with Crippen molar-refractivity contribution in [1.82, 2.24) is 10.2 Å². The Kier molecular flexibility index (Phi) is 4.26. The van der Waals surface area contributed by atoms with E-state index >= 15 is 0 Å². The fourth-order valence-electron chi connectivity index (χ4n) is 2.12. The number of hydrogen-bond acceptors (Lipinski definition) is 3. The highest BCUT2D eigenvalue weighted by Crippen LogP contribution is 2.24. The van der Waals surface area contributed by atoms with Gasteiger partial charge in [0.1, 0.15) is 5.75 Å². The van der Waals surface area contributed by atoms with E-state index in [1.165, 1.54) is 5.56 Å². The summed E-state index contributed by atoms with van der Waals surface area (Å²) in [5.74, 6) is 0.812. The molecule has 1 heterocycles. The van der Waals surface area contributed by atoms with Crippen LogP contribution in [0.1, 0.15) is 12.5 Å². The zero-order chi connectivity index (χ0) is 12.3. The van der Waals surface area contributed by atoms with Crippen molar-refractivity contribution < 1.29 is 4.74 Å². The lowest BCUT2D eigenvalue weighted by Crippen LogP contribution is -2.49. The second-order valence-electron chi connectivity index (χ2n) is 4.48. The van der Waals surface area contributed by atoms with Gasteiger partial charge in [-0.25, -0.2) is 0 Å². The quantitative estimate of drug-likeness (QED) is 0.895. The third-order valence-corrected chi connectivity index (χ3v) is 3.62. The van der Waals surface area contributed by atoms with E-state index in [-0.39, 0.29) is 0 Å². The van der Waals surface area contributed by atoms with Crippen LogP contribution in [0, 0.1) is 0 Å². The van der Waals surface area contributed by atoms with Crippen LogP contribution >= 0.6 is 11.6 Å². The Hall–Kier alpha value is -0.770. The Morgan fingerprint density at radius 2 is 2.35 bits per heavy atom. The first kappa shape index (κ1) is 12.7. The van der Waals surface area contributed by atoms with Crippen molar-refractivity contribution in [3.8, 4) is 5.75 Å². The molecule has 0 bridgehead atoms. The first-order valence-corrected chi connectivity index (χ1v) is 6.35. The standard InChI is InChI=1S/C13H19ClN2O/c1-10-8-15-5-6-16(10)9-11-3-4-12(17-2)7-13(11)14/h3-4,7,10,15H,5-6,8-9H2,1-2H3/t10-/m1/s1. The average molecular weight is 255 g/mol. The number of piperazine rings is 1. The first-order valence-electron chi connectivity index (χ1n) is 5.98. The summed E-state index contributed by atoms with van der Waals surface area (Å²) < 4.78 is 5.15. The van der Waals surface area contributed by atoms with Gasteiger partial charge in [-0.05, 0) is 24.6 Å². The van der Waals surface area contributed by atoms with Crippen LogP contribution in [-0.4, -0.2) is 37.7 Å². The molecule has 1 atom stereocenters. The molecule has 2 rings (SSSR count). The van der Waals surface area contributed by atoms with Crippen molar-refractivity contribution in [3.63, 3.8) is 0 Å². The SMILES string of the molecule is COc1ccc(CN2CCNC[C@H]2C)c(Cl)c1. The molecule has 1 aliphatic rings. The van der Waals surface area contributed by atoms with Gasteiger partial charge >= 0.3 is 0 Å². The van der Waals surface area contributed by atoms with Crippen LogP contribution in [0.5, 0.6) is 5.75 Å². The van der Waals surface area contributed by atoms with E-state index in [9.17, 15) is 0 Å². The molecule has 0 saturated carbocycles. The topological polar surface area (TPSA) is 24.5 Å². The van der Waals surface area contributed by atoms with Crippen LogP contribution in [-0.2, 0) is 6.54 Å². The van der Waals surface area contributed by atoms with Crippen molar-refractivity contribution in [1.29, 1.82) is 0 Å². The maximum atomic E-state index is 6.25. The summed E-state index contributed by atoms with van der Waals surface area (Å²) in [6, 6.07) is 6.45. The third kappa shape index (κ3) is 3.12. The first-order chi connectivity index (χ1) is 8.20. The minimum absolute atomic E-state index is 0.557. The maximum absolute atomic E-state index is 6.25. The molecule has 0 amide bonds. The molecule has 4 heteroatoms. The summed E-state index contributed by atoms with van der Waals surface area (Å²) in [4.78, 5) is 2.45. The number of halogens is 1. The fourth-order valence-corrected chi connectivity index (χ4v) is 2.35. The Morgan fingerprint density at radius 1 is 1.53 bits per heavy atom. The van der Waals surface area contributed by atoms with Crippen LogP contribution in [0.3, 0.4) is 0 Å². The predicted octanol–water partition coefficient (Wildman–Crippen LogP) is 2.14. The molecule has 94 valence electrons. The summed E-state index contributed by atoms with van der Waals surface area (Å²) in [5.41, 5.74) is 1.17. The van der Waals surface area contributed by atoms with Gasteiger partial charge in [-0.3, -0.25) is 4.90 Å². The smallest absolute Gasteiger partial charge is 0.120 e. The van der Waals surface area contributed by atoms with Gasteiger partial charge in [0.05, 0.1) is 7.11 Å². The maximum Gasteiger partial charge on any atom is 0.120 e. The molecular formula is C13H19ClN2O. The van der Waals surface area contributed by atoms with E-state index in [0.29, 0.717) is 6.04 Å². The molecule has 0 unspecified atom stereocenters. The molecule has 1 aliphatic heterocycles. The molecule has 3 nitrogen and oxygen atoms in total. The van der Waals surface area contributed by atoms with Crippen molar-refractivity contribution in [2.24, 2.45) is 0 Å². The van der Waals surface area contributed by atoms with Crippen molar-refractivity contribution in [3.05, 3.63) is 28.8 Å². The molecule has 0 aliphatic carbocycles. The van der Waals surface area contributed by atoms with Gasteiger partial charge in [0.15, 0.2) is 0 Å². The van der Waals surface area contributed by atoms with Crippen LogP contribution in [0.15, 0.2) is 18.2 Å². The number of benzene rings is 1. The van der Waals surface area contributed by atoms with Gasteiger partial charge in [0.25, 0.3) is 0 Å². The zero-order valence-electron chi connectivity index (χ0n) is 10.4. The highest BCUT2D eigenvalue weighted by molar-refractivity contribution is 6.31. The summed E-state index contributed by atoms with van der Waals surface area (Å²) in [5, 5.41) is 4.18. The minimum Gasteiger partial charge on any atom is -0.497 e. The van der Waals surface area contributed by atoms with Gasteiger partial charge in [-0.1, -0.05) is 17.7 Å². The summed E-state index contributed by atoms with van der Waals surface area (Å²) >= 11 is 6.25. The molecule has 1 aromatic rings. The van der Waals surface area contributed by atoms with Crippen LogP contribution in [0.4, 0.5) is 0 Å². The van der Waals surface area contributed by atoms with Gasteiger partial charge in [-0.2, -0.15) is 0 Å². The molecule has 0 radical (unpaired) electrons. The molecule has 1 aromatic carbocycles. The zero-order valence-corrected chi connectivity index (χ0v) is 11.1. The Labute approximate surface area is 108 Å². The van der Waals surface area contributed by atoms with E-state index in [2.05, 4.69) is 23.2 Å². The Balaban J connectivity index is 2.07. The van der Waals surface area contributed by atoms with E-state index < -0.39 is 0 Å². The molecule has 17 heavy (non-hydrogen) atoms. The minimum atomic E-state index is 0.557. The number of methoxy groups -OCH3 is 1. The van der Waals surface area contributed by atoms with E-state index in [4.69, 9.17) is 16.3 Å². The Bertz CT molecular complexity index is 384. The van der Waals surface area contributed by atoms with Gasteiger partial charge in [0, 0.05) is 37.2 Å². The average Bonchev–Trinajstić information content (AvgIpc) is 2.34. The number of hydrogen-bond donors (Lipinski definition) is 1. The summed E-state index contributed by atoms with van der Waals surface area (Å²) in [6.07, 6.45) is 0. The third-order valence-electron chi connectivity index (χ3n) is 3.27. The molecule has 1 saturated heterocycles. The molecule has 0 aromatic heterocycles. The molecule has 1 N–H and O–H groups in total. The molecule has 0 spiro atoms. The lowest BCUT2D eigenvalue weighted by atomic mass is 10.1. The van der Waals surface area contributed by atoms with Crippen molar-refractivity contribution in [2.45, 2.75) is 19.5 Å². The highest BCUT2D eigenvalue weighted by Gasteiger charge is 2.18. The van der Waals surface area contributed by atoms with Crippen molar-refractivity contribution in [2.75, 3.05) is 26.7 Å². The van der Waals surface area contributed by atoms with Gasteiger partial charge in [-0.15, -0.1) is 0 Å². The van der Waals surface area contributed by atoms with Gasteiger partial charge in [0.2, 0.25) is 0 Å². The second kappa shape index (κ2) is 5.71. The van der Waals surface area contributed by atoms with E-state index in [0.717, 1.165) is 37.0 Å². The number of nitrogens with zero attached hydrogens (tertiary/aromatic N) is 1. The number of rotatable bonds is 3. The molecular weight excluding hydrogens is 236 g/mol. The van der Waals surface area contributed by atoms with Crippen LogP contribution < -0.4 is 10.1 Å². The predicted molar refractivity (Wildman–Crippen MR) is 70.7 cm³/mol. The van der Waals surface area contributed by atoms with E-state index in [1.54, 1.807) is 7.11 Å². The lowest BCUT2D eigenvalue weighted by Gasteiger charge is -2.34. The summed E-state index contributed by atoms with van der Waals surface area (Å²) in [6.45, 7) is 6.32. The molecule has 1 fully saturated rings.